The lowest BCUT2D eigenvalue weighted by molar-refractivity contribution is -0.140. The van der Waals surface area contributed by atoms with Crippen molar-refractivity contribution in [3.8, 4) is 21.7 Å². The van der Waals surface area contributed by atoms with Crippen LogP contribution in [0.25, 0.3) is 32.6 Å². The van der Waals surface area contributed by atoms with Gasteiger partial charge in [-0.3, -0.25) is 14.9 Å². The second-order valence-electron chi connectivity index (χ2n) is 9.58. The van der Waals surface area contributed by atoms with E-state index in [9.17, 15) is 27.6 Å². The number of nitrogens with zero attached hydrogens (tertiary/aromatic N) is 4. The highest BCUT2D eigenvalue weighted by atomic mass is 32.1. The first-order chi connectivity index (χ1) is 19.9. The van der Waals surface area contributed by atoms with Crippen LogP contribution in [0.2, 0.25) is 0 Å². The number of aromatic nitrogens is 3. The van der Waals surface area contributed by atoms with E-state index in [1.807, 2.05) is 25.9 Å². The largest absolute Gasteiger partial charge is 0.434 e. The molecule has 0 saturated heterocycles. The van der Waals surface area contributed by atoms with Gasteiger partial charge in [-0.05, 0) is 51.7 Å². The molecular weight excluding hydrogens is 571 g/mol. The Labute approximate surface area is 243 Å². The average Bonchev–Trinajstić information content (AvgIpc) is 3.44. The van der Waals surface area contributed by atoms with Crippen molar-refractivity contribution >= 4 is 40.0 Å². The van der Waals surface area contributed by atoms with Gasteiger partial charge in [0.25, 0.3) is 5.91 Å². The minimum atomic E-state index is -4.62. The highest BCUT2D eigenvalue weighted by Gasteiger charge is 2.34. The molecule has 3 heterocycles. The molecule has 3 N–H and O–H groups in total. The Balaban J connectivity index is 1.82. The number of hydrogen-bond acceptors (Lipinski definition) is 7. The minimum absolute atomic E-state index is 0.0152. The molecular formula is C28H30F3N7O3S. The van der Waals surface area contributed by atoms with Gasteiger partial charge in [-0.15, -0.1) is 11.3 Å². The molecule has 0 aliphatic carbocycles. The highest BCUT2D eigenvalue weighted by Crippen LogP contribution is 2.39. The molecule has 0 fully saturated rings. The summed E-state index contributed by atoms with van der Waals surface area (Å²) in [4.78, 5) is 48.2. The van der Waals surface area contributed by atoms with Crippen molar-refractivity contribution in [1.82, 2.24) is 30.1 Å². The van der Waals surface area contributed by atoms with Crippen LogP contribution in [-0.4, -0.2) is 65.1 Å². The van der Waals surface area contributed by atoms with Gasteiger partial charge in [0.1, 0.15) is 16.4 Å². The first-order valence-electron chi connectivity index (χ1n) is 13.1. The lowest BCUT2D eigenvalue weighted by atomic mass is 9.99. The minimum Gasteiger partial charge on any atom is -0.351 e. The summed E-state index contributed by atoms with van der Waals surface area (Å²) in [5.41, 5.74) is 0.414. The molecule has 3 amide bonds. The van der Waals surface area contributed by atoms with Gasteiger partial charge in [0.15, 0.2) is 5.69 Å². The zero-order valence-electron chi connectivity index (χ0n) is 23.4. The van der Waals surface area contributed by atoms with E-state index in [2.05, 4.69) is 25.9 Å². The van der Waals surface area contributed by atoms with Crippen molar-refractivity contribution in [2.45, 2.75) is 26.6 Å². The number of benzene rings is 1. The molecule has 1 aromatic carbocycles. The van der Waals surface area contributed by atoms with Crippen LogP contribution < -0.4 is 21.4 Å². The second-order valence-corrected chi connectivity index (χ2v) is 10.4. The zero-order chi connectivity index (χ0) is 30.6. The van der Waals surface area contributed by atoms with Gasteiger partial charge in [-0.2, -0.15) is 13.2 Å². The van der Waals surface area contributed by atoms with Gasteiger partial charge >= 0.3 is 12.2 Å². The van der Waals surface area contributed by atoms with E-state index in [0.717, 1.165) is 16.7 Å². The SMILES string of the molecule is CCNC(=O)Nc1cc(-c2nc(C(F)(F)F)cs2)c(-c2ccc3c(=O)c(C(=O)NCCN(C)C)cn(CC)c3c2)cn1. The number of aryl methyl sites for hydroxylation is 1. The molecule has 0 bridgehead atoms. The molecule has 42 heavy (non-hydrogen) atoms. The molecule has 0 aliphatic heterocycles. The molecule has 0 radical (unpaired) electrons. The predicted molar refractivity (Wildman–Crippen MR) is 157 cm³/mol. The second kappa shape index (κ2) is 12.7. The number of carbonyl (C=O) groups excluding carboxylic acids is 2. The number of anilines is 1. The summed E-state index contributed by atoms with van der Waals surface area (Å²) >= 11 is 0.813. The van der Waals surface area contributed by atoms with Crippen LogP contribution >= 0.6 is 11.3 Å². The monoisotopic (exact) mass is 601 g/mol. The van der Waals surface area contributed by atoms with Crippen molar-refractivity contribution in [1.29, 1.82) is 0 Å². The Bertz CT molecular complexity index is 1680. The Hall–Kier alpha value is -4.30. The van der Waals surface area contributed by atoms with E-state index in [1.54, 1.807) is 29.7 Å². The lowest BCUT2D eigenvalue weighted by Gasteiger charge is -2.15. The Morgan fingerprint density at radius 1 is 1.10 bits per heavy atom. The smallest absolute Gasteiger partial charge is 0.351 e. The fourth-order valence-electron chi connectivity index (χ4n) is 4.25. The summed E-state index contributed by atoms with van der Waals surface area (Å²) in [6.45, 7) is 5.41. The third-order valence-corrected chi connectivity index (χ3v) is 7.21. The molecule has 3 aromatic heterocycles. The Kier molecular flexibility index (Phi) is 9.27. The van der Waals surface area contributed by atoms with Gasteiger partial charge in [0.2, 0.25) is 5.43 Å². The lowest BCUT2D eigenvalue weighted by Crippen LogP contribution is -2.34. The number of likely N-dealkylation sites (N-methyl/N-ethyl adjacent to an activating group) is 1. The van der Waals surface area contributed by atoms with Crippen LogP contribution in [0.1, 0.15) is 29.9 Å². The van der Waals surface area contributed by atoms with Crippen LogP contribution in [0.15, 0.2) is 46.8 Å². The topological polar surface area (TPSA) is 121 Å². The molecule has 0 unspecified atom stereocenters. The summed E-state index contributed by atoms with van der Waals surface area (Å²) in [5.74, 6) is -0.347. The number of thiazole rings is 1. The molecule has 14 heteroatoms. The summed E-state index contributed by atoms with van der Waals surface area (Å²) in [5, 5.41) is 9.24. The van der Waals surface area contributed by atoms with Crippen molar-refractivity contribution < 1.29 is 22.8 Å². The van der Waals surface area contributed by atoms with Crippen molar-refractivity contribution in [2.75, 3.05) is 39.0 Å². The fraction of sp³-hybridized carbons (Fsp3) is 0.321. The number of carbonyl (C=O) groups is 2. The van der Waals surface area contributed by atoms with Crippen LogP contribution in [-0.2, 0) is 12.7 Å². The number of fused-ring (bicyclic) bond motifs is 1. The van der Waals surface area contributed by atoms with Gasteiger partial charge in [0, 0.05) is 60.5 Å². The van der Waals surface area contributed by atoms with E-state index in [1.165, 1.54) is 18.5 Å². The van der Waals surface area contributed by atoms with Gasteiger partial charge in [0.05, 0.1) is 5.52 Å². The quantitative estimate of drug-likeness (QED) is 0.257. The van der Waals surface area contributed by atoms with Crippen molar-refractivity contribution in [3.05, 3.63) is 63.5 Å². The van der Waals surface area contributed by atoms with Gasteiger partial charge in [-0.25, -0.2) is 14.8 Å². The third-order valence-electron chi connectivity index (χ3n) is 6.33. The van der Waals surface area contributed by atoms with Crippen LogP contribution in [0.4, 0.5) is 23.8 Å². The molecule has 0 spiro atoms. The van der Waals surface area contributed by atoms with E-state index >= 15 is 0 Å². The number of rotatable bonds is 9. The standard InChI is InChI=1S/C28H30F3N7O3S/c1-5-32-27(41)36-23-12-18(26-35-22(15-42-26)28(29,30)31)19(13-34-23)16-7-8-17-21(11-16)38(6-2)14-20(24(17)39)25(40)33-9-10-37(3)4/h7-8,11-15H,5-6,9-10H2,1-4H3,(H,33,40)(H2,32,34,36,41). The Morgan fingerprint density at radius 2 is 1.86 bits per heavy atom. The number of alkyl halides is 3. The number of amides is 3. The summed E-state index contributed by atoms with van der Waals surface area (Å²) in [6, 6.07) is 5.90. The normalized spacial score (nSPS) is 11.6. The maximum atomic E-state index is 13.4. The van der Waals surface area contributed by atoms with E-state index in [-0.39, 0.29) is 16.4 Å². The first-order valence-corrected chi connectivity index (χ1v) is 14.0. The fourth-order valence-corrected chi connectivity index (χ4v) is 5.11. The summed E-state index contributed by atoms with van der Waals surface area (Å²) < 4.78 is 41.9. The maximum Gasteiger partial charge on any atom is 0.434 e. The van der Waals surface area contributed by atoms with Crippen molar-refractivity contribution in [3.63, 3.8) is 0 Å². The molecule has 4 rings (SSSR count). The van der Waals surface area contributed by atoms with E-state index < -0.39 is 29.2 Å². The van der Waals surface area contributed by atoms with Crippen LogP contribution in [0.3, 0.4) is 0 Å². The number of nitrogens with one attached hydrogen (secondary N) is 3. The van der Waals surface area contributed by atoms with Crippen LogP contribution in [0, 0.1) is 0 Å². The zero-order valence-corrected chi connectivity index (χ0v) is 24.2. The molecule has 10 nitrogen and oxygen atoms in total. The number of hydrogen-bond donors (Lipinski definition) is 3. The van der Waals surface area contributed by atoms with Gasteiger partial charge < -0.3 is 20.1 Å². The number of urea groups is 1. The van der Waals surface area contributed by atoms with Crippen LogP contribution in [0.5, 0.6) is 0 Å². The summed E-state index contributed by atoms with van der Waals surface area (Å²) in [6.07, 6.45) is -1.68. The highest BCUT2D eigenvalue weighted by molar-refractivity contribution is 7.13. The Morgan fingerprint density at radius 3 is 2.50 bits per heavy atom. The molecule has 0 saturated carbocycles. The van der Waals surface area contributed by atoms with E-state index in [0.29, 0.717) is 53.8 Å². The van der Waals surface area contributed by atoms with E-state index in [4.69, 9.17) is 0 Å². The predicted octanol–water partition coefficient (Wildman–Crippen LogP) is 4.66. The molecule has 4 aromatic rings. The molecule has 0 aliphatic rings. The number of halogens is 3. The first kappa shape index (κ1) is 30.7. The average molecular weight is 602 g/mol. The summed E-state index contributed by atoms with van der Waals surface area (Å²) in [7, 11) is 3.75. The van der Waals surface area contributed by atoms with Crippen molar-refractivity contribution in [2.24, 2.45) is 0 Å². The van der Waals surface area contributed by atoms with Gasteiger partial charge in [-0.1, -0.05) is 6.07 Å². The third kappa shape index (κ3) is 6.77. The maximum absolute atomic E-state index is 13.4. The number of pyridine rings is 2. The molecule has 0 atom stereocenters. The molecule has 222 valence electrons.